The van der Waals surface area contributed by atoms with Crippen molar-refractivity contribution in [1.29, 1.82) is 0 Å². The van der Waals surface area contributed by atoms with Crippen LogP contribution in [-0.2, 0) is 0 Å². The third kappa shape index (κ3) is 3.40. The molecule has 0 saturated heterocycles. The van der Waals surface area contributed by atoms with Crippen LogP contribution >= 0.6 is 0 Å². The molecule has 0 fully saturated rings. The van der Waals surface area contributed by atoms with Crippen molar-refractivity contribution in [2.24, 2.45) is 0 Å². The molecule has 0 N–H and O–H groups in total. The van der Waals surface area contributed by atoms with Gasteiger partial charge < -0.3 is 0 Å². The van der Waals surface area contributed by atoms with E-state index >= 15 is 0 Å². The van der Waals surface area contributed by atoms with Crippen LogP contribution < -0.4 is 0 Å². The molecule has 0 bridgehead atoms. The molecule has 0 spiro atoms. The van der Waals surface area contributed by atoms with Gasteiger partial charge in [0, 0.05) is 5.56 Å². The van der Waals surface area contributed by atoms with Gasteiger partial charge in [0.15, 0.2) is 5.78 Å². The SMILES string of the molecule is CC(C)=C/C=C/C(=O)c1ccccc1. The molecule has 1 rings (SSSR count). The van der Waals surface area contributed by atoms with Crippen molar-refractivity contribution < 1.29 is 4.79 Å². The number of carbonyl (C=O) groups excluding carboxylic acids is 1. The Kier molecular flexibility index (Phi) is 3.86. The van der Waals surface area contributed by atoms with E-state index in [9.17, 15) is 4.79 Å². The van der Waals surface area contributed by atoms with Crippen molar-refractivity contribution in [3.63, 3.8) is 0 Å². The molecule has 1 heteroatoms. The Morgan fingerprint density at radius 1 is 1.14 bits per heavy atom. The van der Waals surface area contributed by atoms with Crippen molar-refractivity contribution in [2.45, 2.75) is 13.8 Å². The summed E-state index contributed by atoms with van der Waals surface area (Å²) >= 11 is 0. The van der Waals surface area contributed by atoms with E-state index in [1.807, 2.05) is 50.3 Å². The van der Waals surface area contributed by atoms with Crippen LogP contribution in [0.25, 0.3) is 0 Å². The van der Waals surface area contributed by atoms with Crippen molar-refractivity contribution in [3.8, 4) is 0 Å². The highest BCUT2D eigenvalue weighted by molar-refractivity contribution is 6.04. The summed E-state index contributed by atoms with van der Waals surface area (Å²) in [6.07, 6.45) is 5.29. The summed E-state index contributed by atoms with van der Waals surface area (Å²) in [4.78, 5) is 11.5. The third-order valence-corrected chi connectivity index (χ3v) is 1.74. The van der Waals surface area contributed by atoms with Gasteiger partial charge in [-0.25, -0.2) is 0 Å². The summed E-state index contributed by atoms with van der Waals surface area (Å²) in [6.45, 7) is 3.99. The van der Waals surface area contributed by atoms with Gasteiger partial charge in [-0.3, -0.25) is 4.79 Å². The highest BCUT2D eigenvalue weighted by Crippen LogP contribution is 2.01. The monoisotopic (exact) mass is 186 g/mol. The van der Waals surface area contributed by atoms with Crippen molar-refractivity contribution in [1.82, 2.24) is 0 Å². The van der Waals surface area contributed by atoms with Gasteiger partial charge in [-0.05, 0) is 19.9 Å². The minimum atomic E-state index is 0.0445. The fourth-order valence-electron chi connectivity index (χ4n) is 1.03. The lowest BCUT2D eigenvalue weighted by Gasteiger charge is -1.92. The molecule has 0 atom stereocenters. The standard InChI is InChI=1S/C13H14O/c1-11(2)7-6-10-13(14)12-8-4-3-5-9-12/h3-10H,1-2H3/b10-6+. The predicted molar refractivity (Wildman–Crippen MR) is 59.3 cm³/mol. The maximum Gasteiger partial charge on any atom is 0.185 e. The molecule has 0 aliphatic heterocycles. The maximum absolute atomic E-state index is 11.5. The molecule has 0 heterocycles. The zero-order valence-corrected chi connectivity index (χ0v) is 8.53. The van der Waals surface area contributed by atoms with E-state index in [0.717, 1.165) is 5.56 Å². The number of hydrogen-bond donors (Lipinski definition) is 0. The molecule has 0 aromatic heterocycles. The van der Waals surface area contributed by atoms with Gasteiger partial charge in [-0.15, -0.1) is 0 Å². The summed E-state index contributed by atoms with van der Waals surface area (Å²) in [5.74, 6) is 0.0445. The van der Waals surface area contributed by atoms with E-state index in [2.05, 4.69) is 0 Å². The lowest BCUT2D eigenvalue weighted by molar-refractivity contribution is 0.104. The summed E-state index contributed by atoms with van der Waals surface area (Å²) < 4.78 is 0. The van der Waals surface area contributed by atoms with E-state index in [1.54, 1.807) is 12.2 Å². The first kappa shape index (κ1) is 10.5. The Labute approximate surface area is 84.8 Å². The summed E-state index contributed by atoms with van der Waals surface area (Å²) in [5, 5.41) is 0. The smallest absolute Gasteiger partial charge is 0.185 e. The molecule has 72 valence electrons. The molecule has 1 aromatic rings. The average Bonchev–Trinajstić information content (AvgIpc) is 2.18. The second kappa shape index (κ2) is 5.18. The number of ketones is 1. The second-order valence-electron chi connectivity index (χ2n) is 3.33. The minimum Gasteiger partial charge on any atom is -0.289 e. The maximum atomic E-state index is 11.5. The molecule has 0 unspecified atom stereocenters. The Bertz CT molecular complexity index is 354. The highest BCUT2D eigenvalue weighted by Gasteiger charge is 1.97. The van der Waals surface area contributed by atoms with Gasteiger partial charge in [-0.2, -0.15) is 0 Å². The number of carbonyl (C=O) groups is 1. The average molecular weight is 186 g/mol. The second-order valence-corrected chi connectivity index (χ2v) is 3.33. The quantitative estimate of drug-likeness (QED) is 0.401. The van der Waals surface area contributed by atoms with Crippen LogP contribution in [0.4, 0.5) is 0 Å². The number of benzene rings is 1. The molecule has 1 aromatic carbocycles. The number of hydrogen-bond acceptors (Lipinski definition) is 1. The zero-order chi connectivity index (χ0) is 10.4. The fraction of sp³-hybridized carbons (Fsp3) is 0.154. The molecule has 0 amide bonds. The van der Waals surface area contributed by atoms with Crippen molar-refractivity contribution in [2.75, 3.05) is 0 Å². The topological polar surface area (TPSA) is 17.1 Å². The summed E-state index contributed by atoms with van der Waals surface area (Å²) in [7, 11) is 0. The lowest BCUT2D eigenvalue weighted by atomic mass is 10.1. The van der Waals surface area contributed by atoms with Crippen molar-refractivity contribution >= 4 is 5.78 Å². The van der Waals surface area contributed by atoms with Crippen LogP contribution in [-0.4, -0.2) is 5.78 Å². The third-order valence-electron chi connectivity index (χ3n) is 1.74. The van der Waals surface area contributed by atoms with Gasteiger partial charge in [0.1, 0.15) is 0 Å². The number of allylic oxidation sites excluding steroid dienone is 4. The van der Waals surface area contributed by atoms with E-state index in [-0.39, 0.29) is 5.78 Å². The van der Waals surface area contributed by atoms with Gasteiger partial charge in [0.2, 0.25) is 0 Å². The molecule has 0 aliphatic carbocycles. The molecule has 0 saturated carbocycles. The van der Waals surface area contributed by atoms with Crippen LogP contribution in [0.1, 0.15) is 24.2 Å². The predicted octanol–water partition coefficient (Wildman–Crippen LogP) is 3.39. The van der Waals surface area contributed by atoms with Gasteiger partial charge in [-0.1, -0.05) is 48.1 Å². The molecule has 1 nitrogen and oxygen atoms in total. The van der Waals surface area contributed by atoms with Crippen LogP contribution in [0, 0.1) is 0 Å². The first-order valence-electron chi connectivity index (χ1n) is 4.61. The van der Waals surface area contributed by atoms with E-state index in [1.165, 1.54) is 5.57 Å². The highest BCUT2D eigenvalue weighted by atomic mass is 16.1. The number of rotatable bonds is 3. The summed E-state index contributed by atoms with van der Waals surface area (Å²) in [6, 6.07) is 9.25. The first-order valence-corrected chi connectivity index (χ1v) is 4.61. The zero-order valence-electron chi connectivity index (χ0n) is 8.53. The Morgan fingerprint density at radius 2 is 1.79 bits per heavy atom. The molecule has 0 radical (unpaired) electrons. The van der Waals surface area contributed by atoms with Crippen LogP contribution in [0.3, 0.4) is 0 Å². The van der Waals surface area contributed by atoms with Gasteiger partial charge in [0.25, 0.3) is 0 Å². The molecular formula is C13H14O. The van der Waals surface area contributed by atoms with Crippen LogP contribution in [0.15, 0.2) is 54.1 Å². The van der Waals surface area contributed by atoms with Crippen molar-refractivity contribution in [3.05, 3.63) is 59.7 Å². The van der Waals surface area contributed by atoms with Gasteiger partial charge >= 0.3 is 0 Å². The minimum absolute atomic E-state index is 0.0445. The van der Waals surface area contributed by atoms with Crippen LogP contribution in [0.2, 0.25) is 0 Å². The fourth-order valence-corrected chi connectivity index (χ4v) is 1.03. The first-order chi connectivity index (χ1) is 6.70. The Hall–Kier alpha value is -1.63. The Morgan fingerprint density at radius 3 is 2.36 bits per heavy atom. The van der Waals surface area contributed by atoms with E-state index < -0.39 is 0 Å². The molecule has 14 heavy (non-hydrogen) atoms. The molecule has 0 aliphatic rings. The Balaban J connectivity index is 2.69. The van der Waals surface area contributed by atoms with E-state index in [4.69, 9.17) is 0 Å². The van der Waals surface area contributed by atoms with Gasteiger partial charge in [0.05, 0.1) is 0 Å². The summed E-state index contributed by atoms with van der Waals surface area (Å²) in [5.41, 5.74) is 1.91. The van der Waals surface area contributed by atoms with E-state index in [0.29, 0.717) is 0 Å². The molecular weight excluding hydrogens is 172 g/mol. The van der Waals surface area contributed by atoms with Crippen LogP contribution in [0.5, 0.6) is 0 Å². The normalized spacial score (nSPS) is 10.1. The lowest BCUT2D eigenvalue weighted by Crippen LogP contribution is -1.92. The largest absolute Gasteiger partial charge is 0.289 e.